The van der Waals surface area contributed by atoms with Gasteiger partial charge in [-0.05, 0) is 34.9 Å². The van der Waals surface area contributed by atoms with Crippen molar-refractivity contribution in [3.63, 3.8) is 0 Å². The zero-order valence-corrected chi connectivity index (χ0v) is 15.4. The highest BCUT2D eigenvalue weighted by Gasteiger charge is 2.22. The molecule has 0 bridgehead atoms. The van der Waals surface area contributed by atoms with Crippen LogP contribution in [0.3, 0.4) is 0 Å². The van der Waals surface area contributed by atoms with Crippen molar-refractivity contribution in [2.45, 2.75) is 53.1 Å². The molecular weight excluding hydrogens is 296 g/mol. The summed E-state index contributed by atoms with van der Waals surface area (Å²) in [5, 5.41) is 0. The van der Waals surface area contributed by atoms with Crippen LogP contribution in [0, 0.1) is 5.41 Å². The van der Waals surface area contributed by atoms with E-state index in [-0.39, 0.29) is 17.3 Å². The maximum Gasteiger partial charge on any atom is 0.313 e. The van der Waals surface area contributed by atoms with Crippen LogP contribution < -0.4 is 0 Å². The van der Waals surface area contributed by atoms with E-state index in [1.807, 2.05) is 49.4 Å². The predicted octanol–water partition coefficient (Wildman–Crippen LogP) is 5.68. The molecule has 0 aliphatic carbocycles. The molecule has 2 heteroatoms. The van der Waals surface area contributed by atoms with Gasteiger partial charge in [0.1, 0.15) is 6.61 Å². The Bertz CT molecular complexity index is 668. The van der Waals surface area contributed by atoms with Crippen LogP contribution in [0.1, 0.15) is 63.1 Å². The fourth-order valence-electron chi connectivity index (χ4n) is 2.61. The predicted molar refractivity (Wildman–Crippen MR) is 99.0 cm³/mol. The molecule has 2 aromatic carbocycles. The van der Waals surface area contributed by atoms with E-state index >= 15 is 0 Å². The van der Waals surface area contributed by atoms with Gasteiger partial charge in [-0.2, -0.15) is 0 Å². The minimum atomic E-state index is -0.247. The monoisotopic (exact) mass is 324 g/mol. The minimum Gasteiger partial charge on any atom is -0.460 e. The molecule has 0 amide bonds. The lowest BCUT2D eigenvalue weighted by Gasteiger charge is -2.28. The zero-order valence-electron chi connectivity index (χ0n) is 15.4. The molecule has 0 saturated heterocycles. The SMILES string of the molecule is C[C@H](C(=O)OCc1cccc([C@@H](C)C(C)(C)C)c1)c1ccccc1. The summed E-state index contributed by atoms with van der Waals surface area (Å²) < 4.78 is 5.53. The van der Waals surface area contributed by atoms with Gasteiger partial charge in [0.15, 0.2) is 0 Å². The van der Waals surface area contributed by atoms with E-state index in [0.717, 1.165) is 11.1 Å². The van der Waals surface area contributed by atoms with Crippen molar-refractivity contribution in [3.8, 4) is 0 Å². The van der Waals surface area contributed by atoms with Crippen LogP contribution in [0.5, 0.6) is 0 Å². The molecule has 2 atom stereocenters. The number of esters is 1. The lowest BCUT2D eigenvalue weighted by Crippen LogP contribution is -2.16. The molecule has 0 aromatic heterocycles. The van der Waals surface area contributed by atoms with E-state index in [2.05, 4.69) is 39.8 Å². The van der Waals surface area contributed by atoms with E-state index in [1.165, 1.54) is 5.56 Å². The average Bonchev–Trinajstić information content (AvgIpc) is 2.58. The Labute approximate surface area is 145 Å². The number of carbonyl (C=O) groups excluding carboxylic acids is 1. The van der Waals surface area contributed by atoms with Gasteiger partial charge in [-0.3, -0.25) is 4.79 Å². The van der Waals surface area contributed by atoms with Crippen LogP contribution in [0.2, 0.25) is 0 Å². The summed E-state index contributed by atoms with van der Waals surface area (Å²) in [6.45, 7) is 11.2. The Balaban J connectivity index is 2.01. The lowest BCUT2D eigenvalue weighted by molar-refractivity contribution is -0.146. The average molecular weight is 324 g/mol. The molecule has 0 N–H and O–H groups in total. The fourth-order valence-corrected chi connectivity index (χ4v) is 2.61. The van der Waals surface area contributed by atoms with E-state index in [9.17, 15) is 4.79 Å². The molecule has 0 heterocycles. The van der Waals surface area contributed by atoms with Gasteiger partial charge in [0.25, 0.3) is 0 Å². The molecule has 0 fully saturated rings. The highest BCUT2D eigenvalue weighted by molar-refractivity contribution is 5.77. The van der Waals surface area contributed by atoms with Gasteiger partial charge in [-0.1, -0.05) is 82.3 Å². The van der Waals surface area contributed by atoms with Crippen LogP contribution in [0.25, 0.3) is 0 Å². The number of benzene rings is 2. The maximum absolute atomic E-state index is 12.3. The van der Waals surface area contributed by atoms with Gasteiger partial charge in [0.2, 0.25) is 0 Å². The number of ether oxygens (including phenoxy) is 1. The van der Waals surface area contributed by atoms with Crippen LogP contribution in [0.15, 0.2) is 54.6 Å². The van der Waals surface area contributed by atoms with Gasteiger partial charge in [0, 0.05) is 0 Å². The topological polar surface area (TPSA) is 26.3 Å². The summed E-state index contributed by atoms with van der Waals surface area (Å²) >= 11 is 0. The molecule has 0 unspecified atom stereocenters. The largest absolute Gasteiger partial charge is 0.460 e. The maximum atomic E-state index is 12.3. The molecule has 2 nitrogen and oxygen atoms in total. The molecule has 24 heavy (non-hydrogen) atoms. The number of hydrogen-bond acceptors (Lipinski definition) is 2. The first kappa shape index (κ1) is 18.3. The van der Waals surface area contributed by atoms with E-state index in [0.29, 0.717) is 12.5 Å². The van der Waals surface area contributed by atoms with Crippen molar-refractivity contribution >= 4 is 5.97 Å². The van der Waals surface area contributed by atoms with Crippen molar-refractivity contribution in [2.24, 2.45) is 5.41 Å². The van der Waals surface area contributed by atoms with Gasteiger partial charge in [-0.25, -0.2) is 0 Å². The normalized spacial score (nSPS) is 14.0. The first-order chi connectivity index (χ1) is 11.3. The highest BCUT2D eigenvalue weighted by atomic mass is 16.5. The first-order valence-electron chi connectivity index (χ1n) is 8.59. The standard InChI is InChI=1S/C22H28O2/c1-16(19-11-7-6-8-12-19)21(23)24-15-18-10-9-13-20(14-18)17(2)22(3,4)5/h6-14,16-17H,15H2,1-5H3/t16-,17+/m0/s1. The quantitative estimate of drug-likeness (QED) is 0.661. The third kappa shape index (κ3) is 4.70. The Kier molecular flexibility index (Phi) is 5.82. The number of carbonyl (C=O) groups is 1. The molecule has 0 spiro atoms. The third-order valence-corrected chi connectivity index (χ3v) is 4.78. The van der Waals surface area contributed by atoms with E-state index < -0.39 is 0 Å². The molecule has 2 rings (SSSR count). The fraction of sp³-hybridized carbons (Fsp3) is 0.409. The van der Waals surface area contributed by atoms with Crippen molar-refractivity contribution < 1.29 is 9.53 Å². The summed E-state index contributed by atoms with van der Waals surface area (Å²) in [4.78, 5) is 12.3. The summed E-state index contributed by atoms with van der Waals surface area (Å²) in [5.74, 6) is 0.00903. The Morgan fingerprint density at radius 3 is 2.21 bits per heavy atom. The van der Waals surface area contributed by atoms with E-state index in [4.69, 9.17) is 4.74 Å². The van der Waals surface area contributed by atoms with Gasteiger partial charge in [-0.15, -0.1) is 0 Å². The van der Waals surface area contributed by atoms with Crippen molar-refractivity contribution in [2.75, 3.05) is 0 Å². The summed E-state index contributed by atoms with van der Waals surface area (Å²) in [6.07, 6.45) is 0. The van der Waals surface area contributed by atoms with Crippen LogP contribution in [-0.2, 0) is 16.1 Å². The van der Waals surface area contributed by atoms with Gasteiger partial charge in [0.05, 0.1) is 5.92 Å². The van der Waals surface area contributed by atoms with Crippen molar-refractivity contribution in [3.05, 3.63) is 71.3 Å². The second kappa shape index (κ2) is 7.65. The van der Waals surface area contributed by atoms with Gasteiger partial charge >= 0.3 is 5.97 Å². The number of hydrogen-bond donors (Lipinski definition) is 0. The lowest BCUT2D eigenvalue weighted by atomic mass is 9.77. The molecule has 0 saturated carbocycles. The second-order valence-corrected chi connectivity index (χ2v) is 7.57. The smallest absolute Gasteiger partial charge is 0.313 e. The van der Waals surface area contributed by atoms with Crippen LogP contribution in [0.4, 0.5) is 0 Å². The summed E-state index contributed by atoms with van der Waals surface area (Å²) in [5.41, 5.74) is 3.51. The van der Waals surface area contributed by atoms with Gasteiger partial charge < -0.3 is 4.74 Å². The second-order valence-electron chi connectivity index (χ2n) is 7.57. The highest BCUT2D eigenvalue weighted by Crippen LogP contribution is 2.34. The Morgan fingerprint density at radius 1 is 0.958 bits per heavy atom. The molecule has 128 valence electrons. The summed E-state index contributed by atoms with van der Waals surface area (Å²) in [6, 6.07) is 18.1. The molecule has 2 aromatic rings. The van der Waals surface area contributed by atoms with Crippen LogP contribution >= 0.6 is 0 Å². The van der Waals surface area contributed by atoms with Crippen molar-refractivity contribution in [1.29, 1.82) is 0 Å². The van der Waals surface area contributed by atoms with Crippen molar-refractivity contribution in [1.82, 2.24) is 0 Å². The molecular formula is C22H28O2. The van der Waals surface area contributed by atoms with E-state index in [1.54, 1.807) is 0 Å². The number of rotatable bonds is 5. The third-order valence-electron chi connectivity index (χ3n) is 4.78. The molecule has 0 aliphatic heterocycles. The Hall–Kier alpha value is -2.09. The summed E-state index contributed by atoms with van der Waals surface area (Å²) in [7, 11) is 0. The minimum absolute atomic E-state index is 0.185. The zero-order chi connectivity index (χ0) is 17.7. The van der Waals surface area contributed by atoms with Crippen LogP contribution in [-0.4, -0.2) is 5.97 Å². The molecule has 0 aliphatic rings. The first-order valence-corrected chi connectivity index (χ1v) is 8.59. The Morgan fingerprint density at radius 2 is 1.58 bits per heavy atom. The molecule has 0 radical (unpaired) electrons.